The van der Waals surface area contributed by atoms with Gasteiger partial charge in [0.05, 0.1) is 49.1 Å². The Hall–Kier alpha value is -2.66. The Bertz CT molecular complexity index is 1210. The summed E-state index contributed by atoms with van der Waals surface area (Å²) in [7, 11) is 0. The van der Waals surface area contributed by atoms with Crippen LogP contribution < -0.4 is 0 Å². The predicted octanol–water partition coefficient (Wildman–Crippen LogP) is 3.45. The molecule has 44 heavy (non-hydrogen) atoms. The van der Waals surface area contributed by atoms with Crippen molar-refractivity contribution in [2.45, 2.75) is 60.6 Å². The summed E-state index contributed by atoms with van der Waals surface area (Å²) < 4.78 is 10.00. The van der Waals surface area contributed by atoms with Crippen LogP contribution in [0.1, 0.15) is 50.6 Å². The number of thioether (sulfide) groups is 1. The number of hydrogen-bond acceptors (Lipinski definition) is 8. The molecule has 2 bridgehead atoms. The van der Waals surface area contributed by atoms with Crippen molar-refractivity contribution in [1.29, 1.82) is 0 Å². The third kappa shape index (κ3) is 6.10. The summed E-state index contributed by atoms with van der Waals surface area (Å²) in [6.07, 6.45) is 7.38. The zero-order valence-electron chi connectivity index (χ0n) is 25.9. The number of carbonyl (C=O) groups excluding carboxylic acids is 3. The molecule has 0 saturated carbocycles. The summed E-state index contributed by atoms with van der Waals surface area (Å²) in [5, 5.41) is 10.8. The van der Waals surface area contributed by atoms with Gasteiger partial charge in [-0.15, -0.1) is 24.9 Å². The van der Waals surface area contributed by atoms with Gasteiger partial charge in [0, 0.05) is 37.5 Å². The van der Waals surface area contributed by atoms with Gasteiger partial charge in [0.1, 0.15) is 6.04 Å². The van der Waals surface area contributed by atoms with Crippen LogP contribution in [0.4, 0.5) is 0 Å². The van der Waals surface area contributed by atoms with Crippen LogP contribution in [-0.2, 0) is 23.9 Å². The fourth-order valence-corrected chi connectivity index (χ4v) is 10.1. The lowest BCUT2D eigenvalue weighted by Crippen LogP contribution is -2.56. The second-order valence-corrected chi connectivity index (χ2v) is 14.5. The maximum Gasteiger partial charge on any atom is 0.311 e. The molecule has 0 aliphatic carbocycles. The minimum absolute atomic E-state index is 0.154. The zero-order valence-corrected chi connectivity index (χ0v) is 26.7. The van der Waals surface area contributed by atoms with Crippen LogP contribution in [0, 0.1) is 11.8 Å². The summed E-state index contributed by atoms with van der Waals surface area (Å²) in [6, 6.07) is 7.83. The molecule has 10 heteroatoms. The van der Waals surface area contributed by atoms with E-state index in [4.69, 9.17) is 9.47 Å². The molecular weight excluding hydrogens is 578 g/mol. The molecule has 4 aliphatic rings. The third-order valence-electron chi connectivity index (χ3n) is 9.89. The van der Waals surface area contributed by atoms with E-state index in [1.54, 1.807) is 27.6 Å². The number of morpholine rings is 1. The van der Waals surface area contributed by atoms with Gasteiger partial charge in [-0.25, -0.2) is 0 Å². The van der Waals surface area contributed by atoms with E-state index in [0.29, 0.717) is 52.3 Å². The van der Waals surface area contributed by atoms with E-state index in [1.807, 2.05) is 43.3 Å². The monoisotopic (exact) mass is 625 g/mol. The third-order valence-corrected chi connectivity index (χ3v) is 11.9. The van der Waals surface area contributed by atoms with Crippen molar-refractivity contribution in [3.05, 3.63) is 61.2 Å². The molecule has 2 amide bonds. The van der Waals surface area contributed by atoms with Gasteiger partial charge in [-0.1, -0.05) is 42.5 Å². The van der Waals surface area contributed by atoms with Crippen molar-refractivity contribution in [3.63, 3.8) is 0 Å². The standard InChI is InChI=1S/C34H47N3O6S/c1-4-6-7-11-21-43-32(41)28-27-30(39)37(26(24-38)25-12-9-8-10-13-25)29(34(27)15-14-33(28,3)44-34)31(40)36(16-5-2)18-17-35-19-22-42-23-20-35/h4-5,8-10,12-13,26-29,38H,1-2,6-7,11,14-24H2,3H3/t26-,27+,28-,29?,33+,34?/m1/s1. The first-order valence-electron chi connectivity index (χ1n) is 16.0. The number of allylic oxidation sites excluding steroid dienone is 1. The summed E-state index contributed by atoms with van der Waals surface area (Å²) in [6.45, 7) is 14.1. The van der Waals surface area contributed by atoms with Crippen molar-refractivity contribution in [2.75, 3.05) is 59.2 Å². The number of aliphatic hydroxyl groups is 1. The molecule has 1 aromatic rings. The van der Waals surface area contributed by atoms with Crippen LogP contribution >= 0.6 is 11.8 Å². The molecule has 9 nitrogen and oxygen atoms in total. The van der Waals surface area contributed by atoms with Crippen molar-refractivity contribution in [3.8, 4) is 0 Å². The Labute approximate surface area is 265 Å². The van der Waals surface area contributed by atoms with E-state index < -0.39 is 33.4 Å². The lowest BCUT2D eigenvalue weighted by atomic mass is 9.66. The molecule has 1 spiro atoms. The highest BCUT2D eigenvalue weighted by Gasteiger charge is 2.78. The molecule has 1 aromatic carbocycles. The van der Waals surface area contributed by atoms with Gasteiger partial charge in [0.2, 0.25) is 11.8 Å². The SMILES string of the molecule is C=CCCCCOC(=O)[C@H]1[C@H]2C(=O)N([C@H](CO)c3ccccc3)C(C(=O)N(CC=C)CCN3CCOCC3)C23CC[C@]1(C)S3. The summed E-state index contributed by atoms with van der Waals surface area (Å²) in [4.78, 5) is 49.0. The molecular formula is C34H47N3O6S. The first-order chi connectivity index (χ1) is 21.3. The molecule has 1 N–H and O–H groups in total. The summed E-state index contributed by atoms with van der Waals surface area (Å²) in [5.74, 6) is -2.13. The number of hydrogen-bond donors (Lipinski definition) is 1. The van der Waals surface area contributed by atoms with E-state index in [0.717, 1.165) is 37.9 Å². The van der Waals surface area contributed by atoms with E-state index in [1.165, 1.54) is 0 Å². The number of likely N-dealkylation sites (tertiary alicyclic amines) is 1. The number of nitrogens with zero attached hydrogens (tertiary/aromatic N) is 3. The highest BCUT2D eigenvalue weighted by Crippen LogP contribution is 2.72. The Kier molecular flexibility index (Phi) is 10.6. The van der Waals surface area contributed by atoms with Gasteiger partial charge >= 0.3 is 5.97 Å². The first kappa shape index (κ1) is 32.7. The van der Waals surface area contributed by atoms with E-state index in [9.17, 15) is 19.5 Å². The number of amides is 2. The quantitative estimate of drug-likeness (QED) is 0.180. The van der Waals surface area contributed by atoms with Gasteiger partial charge in [-0.05, 0) is 44.6 Å². The van der Waals surface area contributed by atoms with Crippen LogP contribution in [0.2, 0.25) is 0 Å². The number of carbonyl (C=O) groups is 3. The second-order valence-electron chi connectivity index (χ2n) is 12.6. The summed E-state index contributed by atoms with van der Waals surface area (Å²) in [5.41, 5.74) is 0.758. The van der Waals surface area contributed by atoms with Gasteiger partial charge in [-0.2, -0.15) is 0 Å². The van der Waals surface area contributed by atoms with Crippen LogP contribution in [0.25, 0.3) is 0 Å². The Morgan fingerprint density at radius 1 is 1.18 bits per heavy atom. The van der Waals surface area contributed by atoms with Crippen molar-refractivity contribution in [2.24, 2.45) is 11.8 Å². The Morgan fingerprint density at radius 3 is 2.61 bits per heavy atom. The van der Waals surface area contributed by atoms with E-state index in [2.05, 4.69) is 18.1 Å². The lowest BCUT2D eigenvalue weighted by molar-refractivity contribution is -0.156. The number of aliphatic hydroxyl groups excluding tert-OH is 1. The maximum absolute atomic E-state index is 14.8. The minimum Gasteiger partial charge on any atom is -0.465 e. The van der Waals surface area contributed by atoms with E-state index in [-0.39, 0.29) is 24.4 Å². The zero-order chi connectivity index (χ0) is 31.3. The topological polar surface area (TPSA) is 99.6 Å². The van der Waals surface area contributed by atoms with E-state index >= 15 is 0 Å². The number of benzene rings is 1. The number of ether oxygens (including phenoxy) is 2. The Balaban J connectivity index is 1.49. The van der Waals surface area contributed by atoms with Crippen LogP contribution in [0.15, 0.2) is 55.6 Å². The smallest absolute Gasteiger partial charge is 0.311 e. The number of fused-ring (bicyclic) bond motifs is 1. The molecule has 4 fully saturated rings. The first-order valence-corrected chi connectivity index (χ1v) is 16.8. The molecule has 5 rings (SSSR count). The lowest BCUT2D eigenvalue weighted by Gasteiger charge is -2.40. The molecule has 4 aliphatic heterocycles. The molecule has 4 saturated heterocycles. The number of rotatable bonds is 15. The van der Waals surface area contributed by atoms with Crippen LogP contribution in [0.5, 0.6) is 0 Å². The average Bonchev–Trinajstić information content (AvgIpc) is 3.61. The van der Waals surface area contributed by atoms with Gasteiger partial charge < -0.3 is 24.4 Å². The highest BCUT2D eigenvalue weighted by molar-refractivity contribution is 8.02. The van der Waals surface area contributed by atoms with Crippen molar-refractivity contribution < 1.29 is 29.0 Å². The molecule has 6 atom stereocenters. The normalized spacial score (nSPS) is 30.2. The molecule has 0 radical (unpaired) electrons. The molecule has 240 valence electrons. The van der Waals surface area contributed by atoms with Crippen molar-refractivity contribution in [1.82, 2.24) is 14.7 Å². The van der Waals surface area contributed by atoms with Crippen LogP contribution in [-0.4, -0.2) is 112 Å². The fourth-order valence-electron chi connectivity index (χ4n) is 7.73. The molecule has 2 unspecified atom stereocenters. The average molecular weight is 626 g/mol. The largest absolute Gasteiger partial charge is 0.465 e. The molecule has 0 aromatic heterocycles. The summed E-state index contributed by atoms with van der Waals surface area (Å²) >= 11 is 1.63. The Morgan fingerprint density at radius 2 is 1.93 bits per heavy atom. The van der Waals surface area contributed by atoms with Gasteiger partial charge in [0.25, 0.3) is 0 Å². The fraction of sp³-hybridized carbons (Fsp3) is 0.618. The number of esters is 1. The maximum atomic E-state index is 14.8. The highest BCUT2D eigenvalue weighted by atomic mass is 32.2. The minimum atomic E-state index is -0.834. The number of unbranched alkanes of at least 4 members (excludes halogenated alkanes) is 2. The molecule has 4 heterocycles. The van der Waals surface area contributed by atoms with Crippen molar-refractivity contribution >= 4 is 29.5 Å². The van der Waals surface area contributed by atoms with Crippen LogP contribution in [0.3, 0.4) is 0 Å². The second kappa shape index (κ2) is 14.2. The predicted molar refractivity (Wildman–Crippen MR) is 171 cm³/mol. The van der Waals surface area contributed by atoms with Gasteiger partial charge in [-0.3, -0.25) is 19.3 Å². The van der Waals surface area contributed by atoms with Gasteiger partial charge in [0.15, 0.2) is 0 Å².